The van der Waals surface area contributed by atoms with Crippen molar-refractivity contribution in [3.05, 3.63) is 70.8 Å². The van der Waals surface area contributed by atoms with Crippen molar-refractivity contribution in [2.45, 2.75) is 20.3 Å². The van der Waals surface area contributed by atoms with Gasteiger partial charge in [-0.3, -0.25) is 4.79 Å². The molecule has 0 aliphatic carbocycles. The third kappa shape index (κ3) is 3.79. The molecule has 102 valence electrons. The van der Waals surface area contributed by atoms with Gasteiger partial charge in [0.2, 0.25) is 0 Å². The van der Waals surface area contributed by atoms with Gasteiger partial charge in [-0.15, -0.1) is 0 Å². The standard InChI is InChI=1S/C17H18N2O/c1-3-14-6-8-15(9-7-14)12-18-19-17(20)16-10-4-13(2)5-11-16/h4-12H,3H2,1-2H3,(H,19,20)/b18-12-. The monoisotopic (exact) mass is 266 g/mol. The molecule has 2 aromatic carbocycles. The fourth-order valence-corrected chi connectivity index (χ4v) is 1.77. The van der Waals surface area contributed by atoms with Gasteiger partial charge in [0.25, 0.3) is 5.91 Å². The first-order chi connectivity index (χ1) is 9.69. The molecule has 0 aliphatic heterocycles. The van der Waals surface area contributed by atoms with Crippen LogP contribution in [0.15, 0.2) is 53.6 Å². The molecule has 0 atom stereocenters. The number of hydrazone groups is 1. The Morgan fingerprint density at radius 2 is 1.75 bits per heavy atom. The first-order valence-corrected chi connectivity index (χ1v) is 6.68. The van der Waals surface area contributed by atoms with Gasteiger partial charge in [0.15, 0.2) is 0 Å². The van der Waals surface area contributed by atoms with E-state index in [9.17, 15) is 4.79 Å². The van der Waals surface area contributed by atoms with Crippen LogP contribution in [0.1, 0.15) is 34.0 Å². The number of rotatable bonds is 4. The molecular formula is C17H18N2O. The molecule has 0 heterocycles. The minimum Gasteiger partial charge on any atom is -0.267 e. The zero-order valence-corrected chi connectivity index (χ0v) is 11.8. The normalized spacial score (nSPS) is 10.7. The van der Waals surface area contributed by atoms with Crippen LogP contribution in [0.5, 0.6) is 0 Å². The summed E-state index contributed by atoms with van der Waals surface area (Å²) in [7, 11) is 0. The van der Waals surface area contributed by atoms with E-state index in [2.05, 4.69) is 29.6 Å². The van der Waals surface area contributed by atoms with Gasteiger partial charge in [-0.05, 0) is 36.6 Å². The molecule has 0 aromatic heterocycles. The third-order valence-electron chi connectivity index (χ3n) is 3.08. The second-order valence-electron chi connectivity index (χ2n) is 4.66. The molecule has 0 aliphatic rings. The van der Waals surface area contributed by atoms with Gasteiger partial charge < -0.3 is 0 Å². The first kappa shape index (κ1) is 14.0. The molecular weight excluding hydrogens is 248 g/mol. The second-order valence-corrected chi connectivity index (χ2v) is 4.66. The van der Waals surface area contributed by atoms with E-state index in [0.717, 1.165) is 17.5 Å². The van der Waals surface area contributed by atoms with Crippen molar-refractivity contribution in [1.82, 2.24) is 5.43 Å². The molecule has 3 heteroatoms. The van der Waals surface area contributed by atoms with Gasteiger partial charge in [0, 0.05) is 5.56 Å². The number of benzene rings is 2. The van der Waals surface area contributed by atoms with Gasteiger partial charge >= 0.3 is 0 Å². The molecule has 2 aromatic rings. The van der Waals surface area contributed by atoms with Crippen LogP contribution in [0.2, 0.25) is 0 Å². The van der Waals surface area contributed by atoms with Crippen LogP contribution in [-0.2, 0) is 6.42 Å². The van der Waals surface area contributed by atoms with Crippen molar-refractivity contribution >= 4 is 12.1 Å². The van der Waals surface area contributed by atoms with Crippen LogP contribution in [-0.4, -0.2) is 12.1 Å². The predicted molar refractivity (Wildman–Crippen MR) is 82.1 cm³/mol. The highest BCUT2D eigenvalue weighted by Crippen LogP contribution is 2.04. The highest BCUT2D eigenvalue weighted by atomic mass is 16.2. The lowest BCUT2D eigenvalue weighted by Gasteiger charge is -2.00. The average Bonchev–Trinajstić information content (AvgIpc) is 2.48. The summed E-state index contributed by atoms with van der Waals surface area (Å²) < 4.78 is 0. The first-order valence-electron chi connectivity index (χ1n) is 6.68. The van der Waals surface area contributed by atoms with Crippen molar-refractivity contribution in [2.24, 2.45) is 5.10 Å². The Morgan fingerprint density at radius 1 is 1.10 bits per heavy atom. The third-order valence-corrected chi connectivity index (χ3v) is 3.08. The topological polar surface area (TPSA) is 41.5 Å². The minimum absolute atomic E-state index is 0.202. The summed E-state index contributed by atoms with van der Waals surface area (Å²) in [6.07, 6.45) is 2.66. The molecule has 0 saturated carbocycles. The average molecular weight is 266 g/mol. The zero-order valence-electron chi connectivity index (χ0n) is 11.8. The summed E-state index contributed by atoms with van der Waals surface area (Å²) in [5.74, 6) is -0.202. The van der Waals surface area contributed by atoms with Gasteiger partial charge in [-0.25, -0.2) is 5.43 Å². The molecule has 3 nitrogen and oxygen atoms in total. The van der Waals surface area contributed by atoms with E-state index in [1.54, 1.807) is 18.3 Å². The van der Waals surface area contributed by atoms with E-state index in [1.807, 2.05) is 31.2 Å². The molecule has 2 rings (SSSR count). The maximum Gasteiger partial charge on any atom is 0.271 e. The molecule has 0 radical (unpaired) electrons. The quantitative estimate of drug-likeness (QED) is 0.669. The molecule has 0 fully saturated rings. The van der Waals surface area contributed by atoms with Crippen molar-refractivity contribution in [3.8, 4) is 0 Å². The smallest absolute Gasteiger partial charge is 0.267 e. The van der Waals surface area contributed by atoms with E-state index in [4.69, 9.17) is 0 Å². The fraction of sp³-hybridized carbons (Fsp3) is 0.176. The van der Waals surface area contributed by atoms with Crippen LogP contribution in [0, 0.1) is 6.92 Å². The Bertz CT molecular complexity index is 598. The van der Waals surface area contributed by atoms with Gasteiger partial charge in [-0.2, -0.15) is 5.10 Å². The van der Waals surface area contributed by atoms with E-state index in [1.165, 1.54) is 5.56 Å². The summed E-state index contributed by atoms with van der Waals surface area (Å²) in [6.45, 7) is 4.10. The maximum atomic E-state index is 11.8. The van der Waals surface area contributed by atoms with Crippen LogP contribution in [0.25, 0.3) is 0 Å². The molecule has 20 heavy (non-hydrogen) atoms. The van der Waals surface area contributed by atoms with Crippen molar-refractivity contribution in [2.75, 3.05) is 0 Å². The van der Waals surface area contributed by atoms with Gasteiger partial charge in [-0.1, -0.05) is 48.9 Å². The van der Waals surface area contributed by atoms with Crippen LogP contribution in [0.3, 0.4) is 0 Å². The lowest BCUT2D eigenvalue weighted by atomic mass is 10.1. The number of carbonyl (C=O) groups excluding carboxylic acids is 1. The number of hydrogen-bond acceptors (Lipinski definition) is 2. The minimum atomic E-state index is -0.202. The van der Waals surface area contributed by atoms with Crippen LogP contribution < -0.4 is 5.43 Å². The number of nitrogens with one attached hydrogen (secondary N) is 1. The summed E-state index contributed by atoms with van der Waals surface area (Å²) in [4.78, 5) is 11.8. The lowest BCUT2D eigenvalue weighted by molar-refractivity contribution is 0.0955. The summed E-state index contributed by atoms with van der Waals surface area (Å²) in [5, 5.41) is 3.97. The molecule has 1 N–H and O–H groups in total. The van der Waals surface area contributed by atoms with Gasteiger partial charge in [0.1, 0.15) is 0 Å². The highest BCUT2D eigenvalue weighted by molar-refractivity contribution is 5.94. The number of hydrogen-bond donors (Lipinski definition) is 1. The Hall–Kier alpha value is -2.42. The molecule has 0 spiro atoms. The summed E-state index contributed by atoms with van der Waals surface area (Å²) >= 11 is 0. The van der Waals surface area contributed by atoms with Gasteiger partial charge in [0.05, 0.1) is 6.21 Å². The Kier molecular flexibility index (Phi) is 4.66. The molecule has 1 amide bonds. The lowest BCUT2D eigenvalue weighted by Crippen LogP contribution is -2.17. The van der Waals surface area contributed by atoms with Crippen molar-refractivity contribution in [1.29, 1.82) is 0 Å². The highest BCUT2D eigenvalue weighted by Gasteiger charge is 2.02. The Morgan fingerprint density at radius 3 is 2.35 bits per heavy atom. The number of nitrogens with zero attached hydrogens (tertiary/aromatic N) is 1. The van der Waals surface area contributed by atoms with Crippen LogP contribution >= 0.6 is 0 Å². The molecule has 0 saturated heterocycles. The molecule has 0 unspecified atom stereocenters. The number of carbonyl (C=O) groups is 1. The Balaban J connectivity index is 1.95. The Labute approximate surface area is 119 Å². The zero-order chi connectivity index (χ0) is 14.4. The van der Waals surface area contributed by atoms with E-state index in [-0.39, 0.29) is 5.91 Å². The number of amides is 1. The second kappa shape index (κ2) is 6.66. The predicted octanol–water partition coefficient (Wildman–Crippen LogP) is 3.32. The molecule has 0 bridgehead atoms. The van der Waals surface area contributed by atoms with Crippen LogP contribution in [0.4, 0.5) is 0 Å². The maximum absolute atomic E-state index is 11.8. The van der Waals surface area contributed by atoms with E-state index >= 15 is 0 Å². The van der Waals surface area contributed by atoms with Crippen molar-refractivity contribution < 1.29 is 4.79 Å². The summed E-state index contributed by atoms with van der Waals surface area (Å²) in [5.41, 5.74) is 6.51. The summed E-state index contributed by atoms with van der Waals surface area (Å²) in [6, 6.07) is 15.5. The van der Waals surface area contributed by atoms with E-state index in [0.29, 0.717) is 5.56 Å². The SMILES string of the molecule is CCc1ccc(/C=N\NC(=O)c2ccc(C)cc2)cc1. The largest absolute Gasteiger partial charge is 0.271 e. The fourth-order valence-electron chi connectivity index (χ4n) is 1.77. The van der Waals surface area contributed by atoms with Crippen molar-refractivity contribution in [3.63, 3.8) is 0 Å². The van der Waals surface area contributed by atoms with E-state index < -0.39 is 0 Å². The number of aryl methyl sites for hydroxylation is 2.